The molecule has 0 unspecified atom stereocenters. The molecule has 1 aliphatic rings. The number of hydrogen-bond donors (Lipinski definition) is 1. The number of methoxy groups -OCH3 is 1. The smallest absolute Gasteiger partial charge is 0.307 e. The van der Waals surface area contributed by atoms with Gasteiger partial charge >= 0.3 is 5.97 Å². The summed E-state index contributed by atoms with van der Waals surface area (Å²) in [6.45, 7) is 0.350. The van der Waals surface area contributed by atoms with Gasteiger partial charge in [0.1, 0.15) is 0 Å². The van der Waals surface area contributed by atoms with Gasteiger partial charge in [0.05, 0.1) is 13.5 Å². The van der Waals surface area contributed by atoms with Crippen molar-refractivity contribution >= 4 is 23.3 Å². The Bertz CT molecular complexity index is 499. The van der Waals surface area contributed by atoms with Crippen LogP contribution in [0, 0.1) is 0 Å². The summed E-state index contributed by atoms with van der Waals surface area (Å²) in [5.41, 5.74) is 8.40. The number of anilines is 2. The van der Waals surface area contributed by atoms with E-state index in [2.05, 4.69) is 4.74 Å². The van der Waals surface area contributed by atoms with Gasteiger partial charge < -0.3 is 15.4 Å². The predicted molar refractivity (Wildman–Crippen MR) is 72.8 cm³/mol. The van der Waals surface area contributed by atoms with E-state index < -0.39 is 0 Å². The van der Waals surface area contributed by atoms with Crippen molar-refractivity contribution in [3.8, 4) is 0 Å². The maximum atomic E-state index is 12.1. The van der Waals surface area contributed by atoms with Crippen LogP contribution < -0.4 is 10.6 Å². The fourth-order valence-corrected chi connectivity index (χ4v) is 2.32. The highest BCUT2D eigenvalue weighted by Gasteiger charge is 2.22. The van der Waals surface area contributed by atoms with E-state index >= 15 is 0 Å². The zero-order chi connectivity index (χ0) is 13.8. The van der Waals surface area contributed by atoms with E-state index in [9.17, 15) is 9.59 Å². The third-order valence-corrected chi connectivity index (χ3v) is 3.30. The number of fused-ring (bicyclic) bond motifs is 1. The lowest BCUT2D eigenvalue weighted by Gasteiger charge is -2.22. The van der Waals surface area contributed by atoms with Gasteiger partial charge in [-0.1, -0.05) is 0 Å². The SMILES string of the molecule is COC(=O)CCN1C(=O)CCCc2cc(N)ccc21. The number of hydrogen-bond acceptors (Lipinski definition) is 4. The van der Waals surface area contributed by atoms with Crippen molar-refractivity contribution in [2.24, 2.45) is 0 Å². The molecule has 1 heterocycles. The van der Waals surface area contributed by atoms with Crippen LogP contribution in [0.15, 0.2) is 18.2 Å². The zero-order valence-corrected chi connectivity index (χ0v) is 11.0. The number of esters is 1. The predicted octanol–water partition coefficient (Wildman–Crippen LogP) is 1.50. The van der Waals surface area contributed by atoms with Crippen LogP contribution in [0.4, 0.5) is 11.4 Å². The van der Waals surface area contributed by atoms with Crippen molar-refractivity contribution in [3.63, 3.8) is 0 Å². The second kappa shape index (κ2) is 5.73. The highest BCUT2D eigenvalue weighted by atomic mass is 16.5. The third kappa shape index (κ3) is 3.05. The molecule has 5 nitrogen and oxygen atoms in total. The van der Waals surface area contributed by atoms with E-state index in [1.165, 1.54) is 7.11 Å². The van der Waals surface area contributed by atoms with Crippen molar-refractivity contribution in [1.82, 2.24) is 0 Å². The summed E-state index contributed by atoms with van der Waals surface area (Å²) >= 11 is 0. The van der Waals surface area contributed by atoms with Crippen molar-refractivity contribution in [2.45, 2.75) is 25.7 Å². The molecule has 0 aromatic heterocycles. The van der Waals surface area contributed by atoms with E-state index in [0.717, 1.165) is 24.1 Å². The first-order valence-corrected chi connectivity index (χ1v) is 6.37. The Morgan fingerprint density at radius 3 is 2.95 bits per heavy atom. The molecule has 1 aliphatic heterocycles. The lowest BCUT2D eigenvalue weighted by molar-refractivity contribution is -0.140. The van der Waals surface area contributed by atoms with Crippen LogP contribution in [0.5, 0.6) is 0 Å². The number of carbonyl (C=O) groups excluding carboxylic acids is 2. The molecule has 1 amide bonds. The topological polar surface area (TPSA) is 72.6 Å². The average molecular weight is 262 g/mol. The van der Waals surface area contributed by atoms with E-state index in [0.29, 0.717) is 18.7 Å². The summed E-state index contributed by atoms with van der Waals surface area (Å²) in [5.74, 6) is -0.263. The number of nitrogen functional groups attached to an aromatic ring is 1. The Morgan fingerprint density at radius 2 is 2.21 bits per heavy atom. The minimum atomic E-state index is -0.311. The van der Waals surface area contributed by atoms with Crippen LogP contribution in [-0.4, -0.2) is 25.5 Å². The van der Waals surface area contributed by atoms with Crippen molar-refractivity contribution in [2.75, 3.05) is 24.3 Å². The molecular formula is C14H18N2O3. The number of benzene rings is 1. The van der Waals surface area contributed by atoms with E-state index in [4.69, 9.17) is 5.73 Å². The molecule has 1 aromatic carbocycles. The average Bonchev–Trinajstić information content (AvgIpc) is 2.54. The van der Waals surface area contributed by atoms with Gasteiger partial charge in [-0.25, -0.2) is 0 Å². The van der Waals surface area contributed by atoms with Crippen LogP contribution in [0.2, 0.25) is 0 Å². The number of amides is 1. The summed E-state index contributed by atoms with van der Waals surface area (Å²) in [6.07, 6.45) is 2.34. The molecule has 5 heteroatoms. The molecule has 0 atom stereocenters. The normalized spacial score (nSPS) is 14.8. The summed E-state index contributed by atoms with van der Waals surface area (Å²) in [6, 6.07) is 5.53. The molecule has 0 radical (unpaired) electrons. The molecule has 0 bridgehead atoms. The molecule has 0 saturated heterocycles. The summed E-state index contributed by atoms with van der Waals surface area (Å²) in [5, 5.41) is 0. The molecule has 0 fully saturated rings. The number of nitrogens with two attached hydrogens (primary N) is 1. The molecule has 0 aliphatic carbocycles. The Hall–Kier alpha value is -2.04. The molecule has 2 N–H and O–H groups in total. The molecule has 1 aromatic rings. The van der Waals surface area contributed by atoms with Crippen molar-refractivity contribution in [3.05, 3.63) is 23.8 Å². The maximum absolute atomic E-state index is 12.1. The number of carbonyl (C=O) groups is 2. The van der Waals surface area contributed by atoms with E-state index in [1.54, 1.807) is 11.0 Å². The number of nitrogens with zero attached hydrogens (tertiary/aromatic N) is 1. The lowest BCUT2D eigenvalue weighted by Crippen LogP contribution is -2.32. The van der Waals surface area contributed by atoms with Gasteiger partial charge in [0.15, 0.2) is 0 Å². The van der Waals surface area contributed by atoms with Gasteiger partial charge in [-0.2, -0.15) is 0 Å². The van der Waals surface area contributed by atoms with Gasteiger partial charge in [0.25, 0.3) is 0 Å². The minimum Gasteiger partial charge on any atom is -0.469 e. The summed E-state index contributed by atoms with van der Waals surface area (Å²) < 4.78 is 4.62. The highest BCUT2D eigenvalue weighted by Crippen LogP contribution is 2.28. The standard InChI is InChI=1S/C14H18N2O3/c1-19-14(18)7-8-16-12-6-5-11(15)9-10(12)3-2-4-13(16)17/h5-6,9H,2-4,7-8,15H2,1H3. The molecule has 0 saturated carbocycles. The van der Waals surface area contributed by atoms with Crippen LogP contribution in [-0.2, 0) is 20.7 Å². The quantitative estimate of drug-likeness (QED) is 0.662. The zero-order valence-electron chi connectivity index (χ0n) is 11.0. The first-order chi connectivity index (χ1) is 9.11. The number of rotatable bonds is 3. The van der Waals surface area contributed by atoms with Crippen molar-refractivity contribution in [1.29, 1.82) is 0 Å². The molecule has 102 valence electrons. The van der Waals surface area contributed by atoms with Gasteiger partial charge in [0, 0.05) is 24.3 Å². The fraction of sp³-hybridized carbons (Fsp3) is 0.429. The molecule has 2 rings (SSSR count). The van der Waals surface area contributed by atoms with Gasteiger partial charge in [0.2, 0.25) is 5.91 Å². The molecule has 19 heavy (non-hydrogen) atoms. The first kappa shape index (κ1) is 13.4. The second-order valence-corrected chi connectivity index (χ2v) is 4.61. The third-order valence-electron chi connectivity index (χ3n) is 3.30. The molecular weight excluding hydrogens is 244 g/mol. The number of aryl methyl sites for hydroxylation is 1. The summed E-state index contributed by atoms with van der Waals surface area (Å²) in [7, 11) is 1.35. The fourth-order valence-electron chi connectivity index (χ4n) is 2.32. The highest BCUT2D eigenvalue weighted by molar-refractivity contribution is 5.95. The molecule has 0 spiro atoms. The van der Waals surface area contributed by atoms with Crippen molar-refractivity contribution < 1.29 is 14.3 Å². The van der Waals surface area contributed by atoms with Crippen LogP contribution in [0.3, 0.4) is 0 Å². The van der Waals surface area contributed by atoms with E-state index in [1.807, 2.05) is 12.1 Å². The minimum absolute atomic E-state index is 0.0485. The van der Waals surface area contributed by atoms with Gasteiger partial charge in [-0.3, -0.25) is 9.59 Å². The Morgan fingerprint density at radius 1 is 1.42 bits per heavy atom. The number of ether oxygens (including phenoxy) is 1. The Kier molecular flexibility index (Phi) is 4.04. The largest absolute Gasteiger partial charge is 0.469 e. The van der Waals surface area contributed by atoms with Gasteiger partial charge in [-0.05, 0) is 36.6 Å². The van der Waals surface area contributed by atoms with Crippen LogP contribution in [0.25, 0.3) is 0 Å². The monoisotopic (exact) mass is 262 g/mol. The Balaban J connectivity index is 2.25. The van der Waals surface area contributed by atoms with E-state index in [-0.39, 0.29) is 18.3 Å². The first-order valence-electron chi connectivity index (χ1n) is 6.37. The van der Waals surface area contributed by atoms with Gasteiger partial charge in [-0.15, -0.1) is 0 Å². The summed E-state index contributed by atoms with van der Waals surface area (Å²) in [4.78, 5) is 25.0. The van der Waals surface area contributed by atoms with Crippen LogP contribution >= 0.6 is 0 Å². The Labute approximate surface area is 112 Å². The van der Waals surface area contributed by atoms with Crippen LogP contribution in [0.1, 0.15) is 24.8 Å². The maximum Gasteiger partial charge on any atom is 0.307 e. The second-order valence-electron chi connectivity index (χ2n) is 4.61. The lowest BCUT2D eigenvalue weighted by atomic mass is 10.1.